The van der Waals surface area contributed by atoms with Gasteiger partial charge in [-0.2, -0.15) is 26.3 Å². The Morgan fingerprint density at radius 3 is 1.53 bits per heavy atom. The van der Waals surface area contributed by atoms with Crippen LogP contribution >= 0.6 is 7.60 Å². The van der Waals surface area contributed by atoms with Gasteiger partial charge in [0.25, 0.3) is 0 Å². The number of carbonyl (C=O) groups excluding carboxylic acids is 1. The third kappa shape index (κ3) is 5.00. The Balaban J connectivity index is 5.90. The van der Waals surface area contributed by atoms with Crippen molar-refractivity contribution in [2.24, 2.45) is 0 Å². The molecule has 0 saturated heterocycles. The summed E-state index contributed by atoms with van der Waals surface area (Å²) in [6, 6.07) is 0. The molecule has 114 valence electrons. The lowest BCUT2D eigenvalue weighted by Gasteiger charge is -2.47. The molecule has 0 bridgehead atoms. The van der Waals surface area contributed by atoms with E-state index in [9.17, 15) is 45.5 Å². The summed E-state index contributed by atoms with van der Waals surface area (Å²) in [6.07, 6.45) is -16.5. The van der Waals surface area contributed by atoms with Gasteiger partial charge in [-0.05, 0) is 7.60 Å². The number of halogens is 6. The van der Waals surface area contributed by atoms with Crippen LogP contribution in [-0.4, -0.2) is 30.6 Å². The van der Waals surface area contributed by atoms with Crippen LogP contribution < -0.4 is 9.79 Å². The second-order valence-electron chi connectivity index (χ2n) is 3.60. The Hall–Kier alpha value is -0.800. The van der Waals surface area contributed by atoms with Crippen molar-refractivity contribution in [2.45, 2.75) is 30.4 Å². The minimum atomic E-state index is -6.59. The van der Waals surface area contributed by atoms with Gasteiger partial charge in [0.2, 0.25) is 0 Å². The van der Waals surface area contributed by atoms with Gasteiger partial charge in [0, 0.05) is 0 Å². The van der Waals surface area contributed by atoms with Gasteiger partial charge < -0.3 is 19.1 Å². The van der Waals surface area contributed by atoms with E-state index in [1.54, 1.807) is 0 Å². The fraction of sp³-hybridized carbons (Fsp3) is 0.857. The number of esters is 1. The van der Waals surface area contributed by atoms with Gasteiger partial charge in [-0.15, -0.1) is 0 Å². The number of alkyl halides is 6. The molecule has 0 aromatic heterocycles. The summed E-state index contributed by atoms with van der Waals surface area (Å²) in [6.45, 7) is 0. The summed E-state index contributed by atoms with van der Waals surface area (Å²) in [5.74, 6) is -2.39. The van der Waals surface area contributed by atoms with Crippen molar-refractivity contribution in [3.63, 3.8) is 0 Å². The maximum Gasteiger partial charge on any atom is 0.390 e. The predicted molar refractivity (Wildman–Crippen MR) is 43.7 cm³/mol. The maximum atomic E-state index is 12.2. The first-order chi connectivity index (χ1) is 8.15. The van der Waals surface area contributed by atoms with Crippen molar-refractivity contribution in [1.82, 2.24) is 0 Å². The average Bonchev–Trinajstić information content (AvgIpc) is 2.08. The van der Waals surface area contributed by atoms with Crippen LogP contribution in [0.5, 0.6) is 0 Å². The molecule has 0 amide bonds. The summed E-state index contributed by atoms with van der Waals surface area (Å²) in [4.78, 5) is 32.6. The van der Waals surface area contributed by atoms with Gasteiger partial charge in [-0.1, -0.05) is 0 Å². The summed E-state index contributed by atoms with van der Waals surface area (Å²) in [7, 11) is -6.21. The van der Waals surface area contributed by atoms with Crippen LogP contribution in [0.25, 0.3) is 0 Å². The highest BCUT2D eigenvalue weighted by molar-refractivity contribution is 7.52. The SMILES string of the molecule is COC(=O)C(CC(F)(F)F)(CC(F)(F)F)P(=O)([O-])[O-]. The fourth-order valence-electron chi connectivity index (χ4n) is 1.37. The molecule has 0 rings (SSSR count). The lowest BCUT2D eigenvalue weighted by atomic mass is 9.99. The Morgan fingerprint density at radius 2 is 1.37 bits per heavy atom. The van der Waals surface area contributed by atoms with E-state index in [1.165, 1.54) is 0 Å². The highest BCUT2D eigenvalue weighted by Gasteiger charge is 2.56. The van der Waals surface area contributed by atoms with E-state index in [0.717, 1.165) is 0 Å². The first-order valence-corrected chi connectivity index (χ1v) is 5.93. The molecule has 0 heterocycles. The Bertz CT molecular complexity index is 366. The maximum absolute atomic E-state index is 12.2. The lowest BCUT2D eigenvalue weighted by molar-refractivity contribution is -0.325. The predicted octanol–water partition coefficient (Wildman–Crippen LogP) is 0.717. The van der Waals surface area contributed by atoms with Gasteiger partial charge >= 0.3 is 18.3 Å². The van der Waals surface area contributed by atoms with E-state index in [-0.39, 0.29) is 0 Å². The average molecular weight is 316 g/mol. The largest absolute Gasteiger partial charge is 0.810 e. The van der Waals surface area contributed by atoms with Crippen LogP contribution in [-0.2, 0) is 14.1 Å². The van der Waals surface area contributed by atoms with E-state index in [2.05, 4.69) is 4.74 Å². The second kappa shape index (κ2) is 5.29. The normalized spacial score (nSPS) is 14.4. The van der Waals surface area contributed by atoms with Gasteiger partial charge in [-0.3, -0.25) is 4.79 Å². The number of carbonyl (C=O) groups is 1. The molecule has 0 fully saturated rings. The molecule has 0 aliphatic rings. The molecule has 0 saturated carbocycles. The van der Waals surface area contributed by atoms with Crippen LogP contribution in [0.2, 0.25) is 0 Å². The third-order valence-electron chi connectivity index (χ3n) is 2.08. The fourth-order valence-corrected chi connectivity index (χ4v) is 2.43. The quantitative estimate of drug-likeness (QED) is 0.433. The summed E-state index contributed by atoms with van der Waals surface area (Å²) in [5, 5.41) is -4.25. The zero-order valence-corrected chi connectivity index (χ0v) is 10.1. The highest BCUT2D eigenvalue weighted by atomic mass is 31.2. The van der Waals surface area contributed by atoms with Crippen LogP contribution in [0.3, 0.4) is 0 Å². The molecule has 5 nitrogen and oxygen atoms in total. The Kier molecular flexibility index (Phi) is 5.07. The van der Waals surface area contributed by atoms with Crippen molar-refractivity contribution < 1.29 is 50.2 Å². The smallest absolute Gasteiger partial charge is 0.390 e. The van der Waals surface area contributed by atoms with E-state index < -0.39 is 43.9 Å². The Labute approximate surface area is 102 Å². The van der Waals surface area contributed by atoms with Gasteiger partial charge in [0.15, 0.2) is 0 Å². The first-order valence-electron chi connectivity index (χ1n) is 4.39. The Morgan fingerprint density at radius 1 is 1.05 bits per heavy atom. The van der Waals surface area contributed by atoms with E-state index >= 15 is 0 Å². The monoisotopic (exact) mass is 316 g/mol. The summed E-state index contributed by atoms with van der Waals surface area (Å²) < 4.78 is 87.5. The van der Waals surface area contributed by atoms with Crippen LogP contribution in [0.1, 0.15) is 12.8 Å². The molecule has 12 heteroatoms. The first kappa shape index (κ1) is 18.2. The molecule has 0 unspecified atom stereocenters. The number of ether oxygens (including phenoxy) is 1. The molecule has 19 heavy (non-hydrogen) atoms. The number of methoxy groups -OCH3 is 1. The molecular formula is C7H7F6O5P-2. The van der Waals surface area contributed by atoms with Crippen LogP contribution in [0, 0.1) is 0 Å². The molecule has 0 N–H and O–H groups in total. The van der Waals surface area contributed by atoms with Gasteiger partial charge in [0.05, 0.1) is 20.0 Å². The van der Waals surface area contributed by atoms with Crippen molar-refractivity contribution in [3.05, 3.63) is 0 Å². The molecule has 0 aromatic carbocycles. The minimum absolute atomic E-state index is 0.374. The molecule has 0 aliphatic carbocycles. The van der Waals surface area contributed by atoms with Crippen molar-refractivity contribution in [1.29, 1.82) is 0 Å². The van der Waals surface area contributed by atoms with Gasteiger partial charge in [-0.25, -0.2) is 0 Å². The topological polar surface area (TPSA) is 89.5 Å². The van der Waals surface area contributed by atoms with Crippen LogP contribution in [0.4, 0.5) is 26.3 Å². The molecule has 0 atom stereocenters. The number of hydrogen-bond acceptors (Lipinski definition) is 5. The molecular weight excluding hydrogens is 309 g/mol. The number of hydrogen-bond donors (Lipinski definition) is 0. The molecule has 0 spiro atoms. The second-order valence-corrected chi connectivity index (χ2v) is 5.46. The van der Waals surface area contributed by atoms with Crippen molar-refractivity contribution >= 4 is 13.6 Å². The zero-order chi connectivity index (χ0) is 15.7. The van der Waals surface area contributed by atoms with Gasteiger partial charge in [0.1, 0.15) is 5.16 Å². The molecule has 0 radical (unpaired) electrons. The third-order valence-corrected chi connectivity index (χ3v) is 3.62. The lowest BCUT2D eigenvalue weighted by Crippen LogP contribution is -2.52. The highest BCUT2D eigenvalue weighted by Crippen LogP contribution is 2.54. The molecule has 0 aliphatic heterocycles. The van der Waals surface area contributed by atoms with Crippen molar-refractivity contribution in [2.75, 3.05) is 7.11 Å². The minimum Gasteiger partial charge on any atom is -0.810 e. The summed E-state index contributed by atoms with van der Waals surface area (Å²) in [5.41, 5.74) is 0. The van der Waals surface area contributed by atoms with E-state index in [0.29, 0.717) is 7.11 Å². The van der Waals surface area contributed by atoms with Crippen molar-refractivity contribution in [3.8, 4) is 0 Å². The number of rotatable bonds is 4. The standard InChI is InChI=1S/C7H9F6O5P/c1-18-4(14)5(19(15,16)17,2-6(8,9)10)3-7(11,12)13/h2-3H2,1H3,(H2,15,16,17)/p-2. The van der Waals surface area contributed by atoms with Crippen LogP contribution in [0.15, 0.2) is 0 Å². The summed E-state index contributed by atoms with van der Waals surface area (Å²) >= 11 is 0. The zero-order valence-electron chi connectivity index (χ0n) is 9.17. The molecule has 0 aromatic rings. The van der Waals surface area contributed by atoms with E-state index in [1.807, 2.05) is 0 Å². The van der Waals surface area contributed by atoms with E-state index in [4.69, 9.17) is 0 Å².